The van der Waals surface area contributed by atoms with Gasteiger partial charge in [-0.25, -0.2) is 0 Å². The van der Waals surface area contributed by atoms with Crippen LogP contribution in [0.1, 0.15) is 37.5 Å². The van der Waals surface area contributed by atoms with Gasteiger partial charge in [0, 0.05) is 28.3 Å². The Bertz CT molecular complexity index is 1450. The fourth-order valence-corrected chi connectivity index (χ4v) is 4.51. The summed E-state index contributed by atoms with van der Waals surface area (Å²) in [5.41, 5.74) is 9.46. The van der Waals surface area contributed by atoms with Crippen LogP contribution in [0.4, 0.5) is 0 Å². The maximum Gasteiger partial charge on any atom is 0.216 e. The minimum atomic E-state index is 0.0899. The van der Waals surface area contributed by atoms with E-state index in [4.69, 9.17) is 4.42 Å². The normalized spacial score (nSPS) is 12.3. The van der Waals surface area contributed by atoms with E-state index in [2.05, 4.69) is 107 Å². The molecule has 5 aromatic rings. The van der Waals surface area contributed by atoms with Crippen molar-refractivity contribution >= 4 is 32.8 Å². The van der Waals surface area contributed by atoms with Gasteiger partial charge in [-0.1, -0.05) is 45.0 Å². The first-order valence-corrected chi connectivity index (χ1v) is 10.6. The van der Waals surface area contributed by atoms with Crippen molar-refractivity contribution in [1.82, 2.24) is 0 Å². The van der Waals surface area contributed by atoms with E-state index in [1.165, 1.54) is 49.6 Å². The first kappa shape index (κ1) is 18.9. The largest absolute Gasteiger partial charge is 0.455 e. The second kappa shape index (κ2) is 6.43. The van der Waals surface area contributed by atoms with Crippen LogP contribution in [0.2, 0.25) is 0 Å². The lowest BCUT2D eigenvalue weighted by atomic mass is 9.86. The van der Waals surface area contributed by atoms with E-state index in [0.29, 0.717) is 0 Å². The summed E-state index contributed by atoms with van der Waals surface area (Å²) in [6.07, 6.45) is 0. The topological polar surface area (TPSA) is 17.0 Å². The Hall–Kier alpha value is -3.13. The van der Waals surface area contributed by atoms with Crippen LogP contribution in [0.25, 0.3) is 44.1 Å². The summed E-state index contributed by atoms with van der Waals surface area (Å²) in [5.74, 6) is 0. The van der Waals surface area contributed by atoms with Crippen molar-refractivity contribution < 1.29 is 8.98 Å². The standard InChI is InChI=1S/C28H28NO/c1-17-15-22-21-13-12-20(28(3,4)5)16-25(21)30-27(22)26(18(17)2)24-14-11-19-9-7-8-10-23(19)29(24)6/h7-16H,1-6H3/q+1. The summed E-state index contributed by atoms with van der Waals surface area (Å²) in [5, 5.41) is 3.62. The summed E-state index contributed by atoms with van der Waals surface area (Å²) < 4.78 is 8.85. The van der Waals surface area contributed by atoms with Gasteiger partial charge in [0.1, 0.15) is 18.2 Å². The second-order valence-electron chi connectivity index (χ2n) is 9.47. The molecule has 2 nitrogen and oxygen atoms in total. The van der Waals surface area contributed by atoms with E-state index < -0.39 is 0 Å². The number of hydrogen-bond donors (Lipinski definition) is 0. The number of benzene rings is 3. The van der Waals surface area contributed by atoms with Crippen molar-refractivity contribution in [2.24, 2.45) is 7.05 Å². The van der Waals surface area contributed by atoms with Gasteiger partial charge in [0.05, 0.1) is 5.56 Å². The van der Waals surface area contributed by atoms with Crippen molar-refractivity contribution in [2.75, 3.05) is 0 Å². The minimum absolute atomic E-state index is 0.0899. The van der Waals surface area contributed by atoms with Crippen LogP contribution in [0, 0.1) is 13.8 Å². The molecule has 5 rings (SSSR count). The van der Waals surface area contributed by atoms with Crippen LogP contribution in [0.3, 0.4) is 0 Å². The highest BCUT2D eigenvalue weighted by atomic mass is 16.3. The SMILES string of the molecule is Cc1cc2c(oc3cc(C(C)(C)C)ccc32)c(-c2ccc3ccccc3[n+]2C)c1C. The highest BCUT2D eigenvalue weighted by Crippen LogP contribution is 2.40. The van der Waals surface area contributed by atoms with Crippen LogP contribution >= 0.6 is 0 Å². The molecule has 0 spiro atoms. The van der Waals surface area contributed by atoms with Crippen molar-refractivity contribution in [3.05, 3.63) is 77.4 Å². The van der Waals surface area contributed by atoms with Crippen LogP contribution in [0.15, 0.2) is 65.1 Å². The molecule has 30 heavy (non-hydrogen) atoms. The third-order valence-corrected chi connectivity index (χ3v) is 6.49. The molecule has 0 saturated carbocycles. The summed E-state index contributed by atoms with van der Waals surface area (Å²) >= 11 is 0. The van der Waals surface area contributed by atoms with Crippen molar-refractivity contribution in [3.8, 4) is 11.3 Å². The Balaban J connectivity index is 1.88. The van der Waals surface area contributed by atoms with Gasteiger partial charge < -0.3 is 4.42 Å². The molecule has 0 aliphatic heterocycles. The van der Waals surface area contributed by atoms with E-state index in [0.717, 1.165) is 11.2 Å². The molecule has 0 saturated heterocycles. The molecule has 0 radical (unpaired) electrons. The number of aromatic nitrogens is 1. The molecule has 0 aliphatic rings. The lowest BCUT2D eigenvalue weighted by Gasteiger charge is -2.18. The minimum Gasteiger partial charge on any atom is -0.455 e. The maximum atomic E-state index is 6.56. The molecule has 2 aromatic heterocycles. The van der Waals surface area contributed by atoms with Gasteiger partial charge in [-0.05, 0) is 60.2 Å². The molecule has 2 heterocycles. The van der Waals surface area contributed by atoms with Gasteiger partial charge in [-0.15, -0.1) is 0 Å². The van der Waals surface area contributed by atoms with E-state index in [1.807, 2.05) is 0 Å². The zero-order valence-corrected chi connectivity index (χ0v) is 18.6. The third-order valence-electron chi connectivity index (χ3n) is 6.49. The molecule has 0 aliphatic carbocycles. The number of fused-ring (bicyclic) bond motifs is 4. The highest BCUT2D eigenvalue weighted by molar-refractivity contribution is 6.10. The molecule has 150 valence electrons. The summed E-state index contributed by atoms with van der Waals surface area (Å²) in [6.45, 7) is 11.1. The molecule has 0 N–H and O–H groups in total. The quantitative estimate of drug-likeness (QED) is 0.276. The fraction of sp³-hybridized carbons (Fsp3) is 0.250. The number of pyridine rings is 1. The van der Waals surface area contributed by atoms with Crippen molar-refractivity contribution in [1.29, 1.82) is 0 Å². The lowest BCUT2D eigenvalue weighted by Crippen LogP contribution is -2.32. The van der Waals surface area contributed by atoms with Gasteiger partial charge in [0.2, 0.25) is 11.2 Å². The Morgan fingerprint density at radius 2 is 1.60 bits per heavy atom. The molecule has 2 heteroatoms. The molecule has 0 bridgehead atoms. The average Bonchev–Trinajstić information content (AvgIpc) is 3.07. The molecule has 0 fully saturated rings. The van der Waals surface area contributed by atoms with Crippen LogP contribution in [-0.4, -0.2) is 0 Å². The molecule has 0 amide bonds. The van der Waals surface area contributed by atoms with Gasteiger partial charge in [-0.3, -0.25) is 0 Å². The Kier molecular flexibility index (Phi) is 4.05. The van der Waals surface area contributed by atoms with Crippen LogP contribution in [0.5, 0.6) is 0 Å². The van der Waals surface area contributed by atoms with Gasteiger partial charge >= 0.3 is 0 Å². The van der Waals surface area contributed by atoms with E-state index in [9.17, 15) is 0 Å². The molecule has 0 atom stereocenters. The average molecular weight is 395 g/mol. The van der Waals surface area contributed by atoms with E-state index in [-0.39, 0.29) is 5.41 Å². The number of hydrogen-bond acceptors (Lipinski definition) is 1. The third kappa shape index (κ3) is 2.74. The van der Waals surface area contributed by atoms with Crippen LogP contribution in [-0.2, 0) is 12.5 Å². The zero-order valence-electron chi connectivity index (χ0n) is 18.6. The van der Waals surface area contributed by atoms with E-state index in [1.54, 1.807) is 0 Å². The number of para-hydroxylation sites is 1. The van der Waals surface area contributed by atoms with Gasteiger partial charge in [-0.2, -0.15) is 4.57 Å². The van der Waals surface area contributed by atoms with Gasteiger partial charge in [0.25, 0.3) is 0 Å². The van der Waals surface area contributed by atoms with Gasteiger partial charge in [0.15, 0.2) is 0 Å². The number of aryl methyl sites for hydroxylation is 2. The Labute approximate surface area is 177 Å². The molecular formula is C28H28NO+. The summed E-state index contributed by atoms with van der Waals surface area (Å²) in [4.78, 5) is 0. The van der Waals surface area contributed by atoms with Crippen molar-refractivity contribution in [3.63, 3.8) is 0 Å². The Morgan fingerprint density at radius 3 is 2.37 bits per heavy atom. The number of furan rings is 1. The Morgan fingerprint density at radius 1 is 0.833 bits per heavy atom. The monoisotopic (exact) mass is 394 g/mol. The zero-order chi connectivity index (χ0) is 21.2. The van der Waals surface area contributed by atoms with Crippen molar-refractivity contribution in [2.45, 2.75) is 40.0 Å². The number of rotatable bonds is 1. The fourth-order valence-electron chi connectivity index (χ4n) is 4.51. The van der Waals surface area contributed by atoms with Crippen LogP contribution < -0.4 is 4.57 Å². The second-order valence-corrected chi connectivity index (χ2v) is 9.47. The maximum absolute atomic E-state index is 6.56. The smallest absolute Gasteiger partial charge is 0.216 e. The molecule has 0 unspecified atom stereocenters. The first-order valence-electron chi connectivity index (χ1n) is 10.6. The highest BCUT2D eigenvalue weighted by Gasteiger charge is 2.24. The summed E-state index contributed by atoms with van der Waals surface area (Å²) in [6, 6.07) is 21.9. The predicted octanol–water partition coefficient (Wildman–Crippen LogP) is 7.15. The van der Waals surface area contributed by atoms with E-state index >= 15 is 0 Å². The number of nitrogens with zero attached hydrogens (tertiary/aromatic N) is 1. The predicted molar refractivity (Wildman–Crippen MR) is 126 cm³/mol. The lowest BCUT2D eigenvalue weighted by molar-refractivity contribution is -0.633. The molecule has 3 aromatic carbocycles. The first-order chi connectivity index (χ1) is 14.3. The molecular weight excluding hydrogens is 366 g/mol. The summed E-state index contributed by atoms with van der Waals surface area (Å²) in [7, 11) is 2.14.